The molecular weight excluding hydrogens is 257 g/mol. The van der Waals surface area contributed by atoms with Gasteiger partial charge in [-0.3, -0.25) is 0 Å². The molecule has 0 spiro atoms. The third-order valence-corrected chi connectivity index (χ3v) is 4.53. The Labute approximate surface area is 128 Å². The zero-order valence-electron chi connectivity index (χ0n) is 12.2. The average Bonchev–Trinajstić information content (AvgIpc) is 2.59. The zero-order valence-corrected chi connectivity index (χ0v) is 12.2. The number of nitrogens with two attached hydrogens (primary N) is 1. The summed E-state index contributed by atoms with van der Waals surface area (Å²) >= 11 is 0. The molecule has 2 radical (unpaired) electrons. The number of quaternary nitrogens is 1. The van der Waals surface area contributed by atoms with Gasteiger partial charge in [-0.2, -0.15) is 0 Å². The highest BCUT2D eigenvalue weighted by atomic mass is 16.4. The van der Waals surface area contributed by atoms with E-state index in [1.807, 2.05) is 12.1 Å². The molecular formula is C18H21BNO+. The smallest absolute Gasteiger partial charge is 0.284 e. The highest BCUT2D eigenvalue weighted by Gasteiger charge is 2.45. The van der Waals surface area contributed by atoms with Gasteiger partial charge in [-0.25, -0.2) is 0 Å². The highest BCUT2D eigenvalue weighted by molar-refractivity contribution is 5.98. The Bertz CT molecular complexity index is 512. The Hall–Kier alpha value is -1.58. The van der Waals surface area contributed by atoms with Crippen molar-refractivity contribution in [3.8, 4) is 0 Å². The normalized spacial score (nSPS) is 19.3. The minimum absolute atomic E-state index is 0.307. The Kier molecular flexibility index (Phi) is 4.42. The number of hydrogen-bond acceptors (Lipinski definition) is 1. The molecule has 1 aliphatic rings. The van der Waals surface area contributed by atoms with E-state index in [-0.39, 0.29) is 0 Å². The van der Waals surface area contributed by atoms with Crippen LogP contribution in [0.2, 0.25) is 0 Å². The van der Waals surface area contributed by atoms with Crippen molar-refractivity contribution in [1.29, 1.82) is 0 Å². The van der Waals surface area contributed by atoms with E-state index in [4.69, 9.17) is 12.7 Å². The van der Waals surface area contributed by atoms with Crippen LogP contribution in [0.15, 0.2) is 60.7 Å². The van der Waals surface area contributed by atoms with E-state index in [1.165, 1.54) is 12.8 Å². The molecule has 0 bridgehead atoms. The first-order valence-corrected chi connectivity index (χ1v) is 7.70. The van der Waals surface area contributed by atoms with Gasteiger partial charge in [0.05, 0.1) is 6.54 Å². The number of benzene rings is 2. The van der Waals surface area contributed by atoms with Crippen LogP contribution in [0.5, 0.6) is 0 Å². The molecule has 2 nitrogen and oxygen atoms in total. The molecule has 1 heterocycles. The van der Waals surface area contributed by atoms with Gasteiger partial charge in [-0.15, -0.1) is 0 Å². The molecule has 106 valence electrons. The van der Waals surface area contributed by atoms with Crippen LogP contribution < -0.4 is 5.32 Å². The van der Waals surface area contributed by atoms with Crippen LogP contribution in [0.4, 0.5) is 0 Å². The zero-order chi connectivity index (χ0) is 14.5. The van der Waals surface area contributed by atoms with Gasteiger partial charge in [-0.05, 0) is 24.0 Å². The Morgan fingerprint density at radius 3 is 1.90 bits per heavy atom. The SMILES string of the molecule is [B]OC(c1ccccc1)(c1ccccc1)C1CCCC[NH2+]1. The topological polar surface area (TPSA) is 25.8 Å². The van der Waals surface area contributed by atoms with Crippen molar-refractivity contribution in [1.82, 2.24) is 0 Å². The van der Waals surface area contributed by atoms with Crippen molar-refractivity contribution >= 4 is 8.05 Å². The monoisotopic (exact) mass is 278 g/mol. The van der Waals surface area contributed by atoms with Crippen LogP contribution in [0, 0.1) is 0 Å². The first kappa shape index (κ1) is 14.4. The Morgan fingerprint density at radius 1 is 0.905 bits per heavy atom. The molecule has 0 amide bonds. The van der Waals surface area contributed by atoms with Crippen LogP contribution in [0.25, 0.3) is 0 Å². The van der Waals surface area contributed by atoms with E-state index in [1.54, 1.807) is 0 Å². The predicted molar refractivity (Wildman–Crippen MR) is 84.9 cm³/mol. The molecule has 1 unspecified atom stereocenters. The lowest BCUT2D eigenvalue weighted by Crippen LogP contribution is -2.95. The summed E-state index contributed by atoms with van der Waals surface area (Å²) in [4.78, 5) is 0. The van der Waals surface area contributed by atoms with Crippen LogP contribution >= 0.6 is 0 Å². The predicted octanol–water partition coefficient (Wildman–Crippen LogP) is 2.15. The molecule has 1 aliphatic heterocycles. The van der Waals surface area contributed by atoms with Crippen molar-refractivity contribution in [2.45, 2.75) is 30.9 Å². The second kappa shape index (κ2) is 6.46. The quantitative estimate of drug-likeness (QED) is 0.852. The van der Waals surface area contributed by atoms with Crippen molar-refractivity contribution in [2.24, 2.45) is 0 Å². The second-order valence-corrected chi connectivity index (χ2v) is 5.71. The maximum Gasteiger partial charge on any atom is 0.284 e. The maximum atomic E-state index is 5.88. The molecule has 1 fully saturated rings. The average molecular weight is 278 g/mol. The fraction of sp³-hybridized carbons (Fsp3) is 0.333. The summed E-state index contributed by atoms with van der Waals surface area (Å²) in [6, 6.07) is 21.0. The van der Waals surface area contributed by atoms with Gasteiger partial charge in [0, 0.05) is 6.42 Å². The van der Waals surface area contributed by atoms with Crippen molar-refractivity contribution in [2.75, 3.05) is 6.54 Å². The standard InChI is InChI=1S/C18H20BNO/c19-21-18(15-9-3-1-4-10-15,16-11-5-2-6-12-16)17-13-7-8-14-20-17/h1-6,9-12,17,20H,7-8,13-14H2/p+1. The summed E-state index contributed by atoms with van der Waals surface area (Å²) < 4.78 is 5.72. The third kappa shape index (κ3) is 2.64. The Balaban J connectivity index is 2.12. The molecule has 0 saturated carbocycles. The molecule has 1 saturated heterocycles. The second-order valence-electron chi connectivity index (χ2n) is 5.71. The highest BCUT2D eigenvalue weighted by Crippen LogP contribution is 2.37. The summed E-state index contributed by atoms with van der Waals surface area (Å²) in [5, 5.41) is 2.39. The lowest BCUT2D eigenvalue weighted by molar-refractivity contribution is -0.710. The van der Waals surface area contributed by atoms with Crippen molar-refractivity contribution in [3.05, 3.63) is 71.8 Å². The molecule has 2 N–H and O–H groups in total. The summed E-state index contributed by atoms with van der Waals surface area (Å²) in [6.45, 7) is 1.13. The van der Waals surface area contributed by atoms with Crippen LogP contribution in [0.3, 0.4) is 0 Å². The molecule has 2 aromatic rings. The molecule has 3 rings (SSSR count). The van der Waals surface area contributed by atoms with Crippen molar-refractivity contribution in [3.63, 3.8) is 0 Å². The maximum absolute atomic E-state index is 5.88. The van der Waals surface area contributed by atoms with Crippen LogP contribution in [-0.4, -0.2) is 20.6 Å². The number of rotatable bonds is 4. The first-order chi connectivity index (χ1) is 10.4. The molecule has 2 aromatic carbocycles. The van der Waals surface area contributed by atoms with Crippen molar-refractivity contribution < 1.29 is 9.97 Å². The molecule has 0 aliphatic carbocycles. The van der Waals surface area contributed by atoms with Gasteiger partial charge < -0.3 is 9.97 Å². The fourth-order valence-electron chi connectivity index (χ4n) is 3.50. The van der Waals surface area contributed by atoms with Gasteiger partial charge in [-0.1, -0.05) is 60.7 Å². The minimum Gasteiger partial charge on any atom is -0.431 e. The van der Waals surface area contributed by atoms with Gasteiger partial charge >= 0.3 is 0 Å². The van der Waals surface area contributed by atoms with E-state index < -0.39 is 5.60 Å². The van der Waals surface area contributed by atoms with Gasteiger partial charge in [0.15, 0.2) is 5.60 Å². The number of piperidine rings is 1. The van der Waals surface area contributed by atoms with E-state index in [0.29, 0.717) is 6.04 Å². The minimum atomic E-state index is -0.580. The van der Waals surface area contributed by atoms with E-state index in [0.717, 1.165) is 24.1 Å². The summed E-state index contributed by atoms with van der Waals surface area (Å²) in [7, 11) is 5.88. The summed E-state index contributed by atoms with van der Waals surface area (Å²) in [5.41, 5.74) is 1.67. The molecule has 21 heavy (non-hydrogen) atoms. The Morgan fingerprint density at radius 2 is 1.48 bits per heavy atom. The number of hydrogen-bond donors (Lipinski definition) is 1. The summed E-state index contributed by atoms with van der Waals surface area (Å²) in [5.74, 6) is 0. The molecule has 3 heteroatoms. The summed E-state index contributed by atoms with van der Waals surface area (Å²) in [6.07, 6.45) is 3.60. The lowest BCUT2D eigenvalue weighted by atomic mass is 9.76. The lowest BCUT2D eigenvalue weighted by Gasteiger charge is -2.41. The van der Waals surface area contributed by atoms with Gasteiger partial charge in [0.2, 0.25) is 0 Å². The van der Waals surface area contributed by atoms with Crippen LogP contribution in [0.1, 0.15) is 30.4 Å². The third-order valence-electron chi connectivity index (χ3n) is 4.53. The van der Waals surface area contributed by atoms with Crippen LogP contribution in [-0.2, 0) is 10.3 Å². The molecule has 0 aromatic heterocycles. The van der Waals surface area contributed by atoms with E-state index >= 15 is 0 Å². The van der Waals surface area contributed by atoms with Gasteiger partial charge in [0.1, 0.15) is 6.04 Å². The first-order valence-electron chi connectivity index (χ1n) is 7.70. The molecule has 1 atom stereocenters. The van der Waals surface area contributed by atoms with E-state index in [9.17, 15) is 0 Å². The fourth-order valence-corrected chi connectivity index (χ4v) is 3.50. The largest absolute Gasteiger partial charge is 0.431 e. The van der Waals surface area contributed by atoms with Gasteiger partial charge in [0.25, 0.3) is 8.05 Å². The van der Waals surface area contributed by atoms with E-state index in [2.05, 4.69) is 53.8 Å².